The zero-order valence-corrected chi connectivity index (χ0v) is 17.6. The molecule has 4 heterocycles. The fraction of sp³-hybridized carbons (Fsp3) is 0.364. The predicted molar refractivity (Wildman–Crippen MR) is 116 cm³/mol. The van der Waals surface area contributed by atoms with Gasteiger partial charge < -0.3 is 24.6 Å². The number of anilines is 2. The summed E-state index contributed by atoms with van der Waals surface area (Å²) in [5, 5.41) is 12.7. The number of ether oxygens (including phenoxy) is 1. The summed E-state index contributed by atoms with van der Waals surface area (Å²) < 4.78 is 23.0. The topological polar surface area (TPSA) is 110 Å². The van der Waals surface area contributed by atoms with E-state index in [4.69, 9.17) is 4.74 Å². The van der Waals surface area contributed by atoms with E-state index < -0.39 is 17.2 Å². The molecule has 0 radical (unpaired) electrons. The van der Waals surface area contributed by atoms with Gasteiger partial charge in [0.1, 0.15) is 17.9 Å². The number of benzene rings is 1. The Labute approximate surface area is 182 Å². The van der Waals surface area contributed by atoms with Crippen molar-refractivity contribution >= 4 is 28.5 Å². The number of nitrogens with one attached hydrogen (secondary N) is 1. The lowest BCUT2D eigenvalue weighted by atomic mass is 10.1. The van der Waals surface area contributed by atoms with Gasteiger partial charge in [-0.1, -0.05) is 0 Å². The van der Waals surface area contributed by atoms with Crippen molar-refractivity contribution in [1.29, 1.82) is 0 Å². The first-order valence-corrected chi connectivity index (χ1v) is 10.4. The van der Waals surface area contributed by atoms with Crippen LogP contribution in [0.2, 0.25) is 0 Å². The summed E-state index contributed by atoms with van der Waals surface area (Å²) in [7, 11) is 0. The summed E-state index contributed by atoms with van der Waals surface area (Å²) in [6.07, 6.45) is 3.76. The monoisotopic (exact) mass is 439 g/mol. The Morgan fingerprint density at radius 1 is 1.41 bits per heavy atom. The third-order valence-corrected chi connectivity index (χ3v) is 6.00. The van der Waals surface area contributed by atoms with Crippen molar-refractivity contribution in [1.82, 2.24) is 14.5 Å². The Morgan fingerprint density at radius 3 is 2.97 bits per heavy atom. The van der Waals surface area contributed by atoms with Crippen LogP contribution in [0.1, 0.15) is 35.4 Å². The van der Waals surface area contributed by atoms with Crippen LogP contribution in [0.15, 0.2) is 29.3 Å². The minimum Gasteiger partial charge on any atom is -0.487 e. The van der Waals surface area contributed by atoms with E-state index in [1.54, 1.807) is 10.8 Å². The Balaban J connectivity index is 1.56. The second-order valence-electron chi connectivity index (χ2n) is 8.27. The third-order valence-electron chi connectivity index (χ3n) is 6.00. The van der Waals surface area contributed by atoms with Crippen LogP contribution >= 0.6 is 0 Å². The predicted octanol–water partition coefficient (Wildman–Crippen LogP) is 2.58. The number of aromatic nitrogens is 3. The van der Waals surface area contributed by atoms with Crippen molar-refractivity contribution in [3.8, 4) is 5.75 Å². The molecule has 2 aliphatic heterocycles. The standard InChI is InChI=1S/C22H22FN5O4/c1-11-3-5-24-22(25-11)26-13-4-6-27(8-13)18-16(23)7-14-17-20(18)32-10-12(2)28(17)9-15(19(14)29)21(30)31/h3,5,7,9,12-13H,4,6,8,10H2,1-2H3,(H,30,31)(H,24,25,26)/t12-,13+/m0/s1. The molecule has 32 heavy (non-hydrogen) atoms. The Kier molecular flexibility index (Phi) is 4.72. The first-order valence-electron chi connectivity index (χ1n) is 10.4. The minimum atomic E-state index is -1.34. The molecule has 3 aromatic rings. The quantitative estimate of drug-likeness (QED) is 0.639. The summed E-state index contributed by atoms with van der Waals surface area (Å²) in [6, 6.07) is 2.76. The minimum absolute atomic E-state index is 0.00901. The van der Waals surface area contributed by atoms with Gasteiger partial charge in [0.15, 0.2) is 11.6 Å². The highest BCUT2D eigenvalue weighted by Crippen LogP contribution is 2.42. The van der Waals surface area contributed by atoms with E-state index in [1.807, 2.05) is 24.8 Å². The van der Waals surface area contributed by atoms with Gasteiger partial charge in [-0.3, -0.25) is 4.79 Å². The molecule has 9 nitrogen and oxygen atoms in total. The molecule has 0 bridgehead atoms. The highest BCUT2D eigenvalue weighted by molar-refractivity contribution is 5.97. The number of carbonyl (C=O) groups is 1. The molecular weight excluding hydrogens is 417 g/mol. The van der Waals surface area contributed by atoms with Gasteiger partial charge >= 0.3 is 5.97 Å². The molecule has 10 heteroatoms. The first kappa shape index (κ1) is 20.2. The number of carboxylic acid groups (broad SMARTS) is 1. The van der Waals surface area contributed by atoms with Gasteiger partial charge in [-0.15, -0.1) is 0 Å². The summed E-state index contributed by atoms with van der Waals surface area (Å²) in [5.41, 5.74) is 0.464. The van der Waals surface area contributed by atoms with Crippen LogP contribution in [0.5, 0.6) is 5.75 Å². The molecule has 2 atom stereocenters. The number of halogens is 1. The third kappa shape index (κ3) is 3.22. The molecule has 2 N–H and O–H groups in total. The second-order valence-corrected chi connectivity index (χ2v) is 8.27. The van der Waals surface area contributed by atoms with Crippen molar-refractivity contribution in [3.63, 3.8) is 0 Å². The largest absolute Gasteiger partial charge is 0.487 e. The van der Waals surface area contributed by atoms with Crippen LogP contribution in [-0.4, -0.2) is 51.3 Å². The van der Waals surface area contributed by atoms with Gasteiger partial charge in [0.25, 0.3) is 0 Å². The van der Waals surface area contributed by atoms with E-state index in [2.05, 4.69) is 15.3 Å². The summed E-state index contributed by atoms with van der Waals surface area (Å²) in [5.74, 6) is -1.14. The lowest BCUT2D eigenvalue weighted by Gasteiger charge is -2.31. The molecule has 166 valence electrons. The van der Waals surface area contributed by atoms with E-state index in [1.165, 1.54) is 6.20 Å². The van der Waals surface area contributed by atoms with Crippen LogP contribution in [0.4, 0.5) is 16.0 Å². The highest BCUT2D eigenvalue weighted by atomic mass is 19.1. The summed E-state index contributed by atoms with van der Waals surface area (Å²) in [4.78, 5) is 34.8. The fourth-order valence-electron chi connectivity index (χ4n) is 4.44. The van der Waals surface area contributed by atoms with Gasteiger partial charge in [-0.25, -0.2) is 19.2 Å². The molecule has 1 fully saturated rings. The Morgan fingerprint density at radius 2 is 2.22 bits per heavy atom. The lowest BCUT2D eigenvalue weighted by Crippen LogP contribution is -2.30. The van der Waals surface area contributed by atoms with E-state index in [9.17, 15) is 14.7 Å². The van der Waals surface area contributed by atoms with Crippen molar-refractivity contribution in [2.75, 3.05) is 29.9 Å². The van der Waals surface area contributed by atoms with Crippen LogP contribution < -0.4 is 20.4 Å². The number of hydrogen-bond acceptors (Lipinski definition) is 7. The Hall–Kier alpha value is -3.69. The summed E-state index contributed by atoms with van der Waals surface area (Å²) >= 11 is 0. The van der Waals surface area contributed by atoms with Gasteiger partial charge in [-0.2, -0.15) is 0 Å². The molecule has 2 aromatic heterocycles. The number of pyridine rings is 1. The van der Waals surface area contributed by atoms with Crippen molar-refractivity contribution in [3.05, 3.63) is 51.8 Å². The zero-order chi connectivity index (χ0) is 22.6. The van der Waals surface area contributed by atoms with Gasteiger partial charge in [0, 0.05) is 37.2 Å². The average Bonchev–Trinajstić information content (AvgIpc) is 3.19. The first-order chi connectivity index (χ1) is 15.3. The van der Waals surface area contributed by atoms with Crippen molar-refractivity contribution < 1.29 is 19.0 Å². The highest BCUT2D eigenvalue weighted by Gasteiger charge is 2.33. The Bertz CT molecular complexity index is 1310. The molecule has 2 aliphatic rings. The number of nitrogens with zero attached hydrogens (tertiary/aromatic N) is 4. The van der Waals surface area contributed by atoms with E-state index in [0.717, 1.165) is 18.2 Å². The molecule has 5 rings (SSSR count). The smallest absolute Gasteiger partial charge is 0.341 e. The molecule has 1 aromatic carbocycles. The maximum atomic E-state index is 15.3. The summed E-state index contributed by atoms with van der Waals surface area (Å²) in [6.45, 7) is 5.07. The molecule has 1 saturated heterocycles. The van der Waals surface area contributed by atoms with Gasteiger partial charge in [0.05, 0.1) is 16.9 Å². The molecule has 0 aliphatic carbocycles. The molecular formula is C22H22FN5O4. The van der Waals surface area contributed by atoms with E-state index in [-0.39, 0.29) is 41.1 Å². The van der Waals surface area contributed by atoms with Crippen LogP contribution in [0.25, 0.3) is 10.9 Å². The van der Waals surface area contributed by atoms with Gasteiger partial charge in [0.2, 0.25) is 11.4 Å². The number of rotatable bonds is 4. The molecule has 0 amide bonds. The lowest BCUT2D eigenvalue weighted by molar-refractivity contribution is 0.0694. The van der Waals surface area contributed by atoms with Crippen LogP contribution in [0, 0.1) is 12.7 Å². The number of aryl methyl sites for hydroxylation is 1. The zero-order valence-electron chi connectivity index (χ0n) is 17.6. The number of carboxylic acids is 1. The van der Waals surface area contributed by atoms with Crippen molar-refractivity contribution in [2.45, 2.75) is 32.4 Å². The van der Waals surface area contributed by atoms with Crippen LogP contribution in [-0.2, 0) is 0 Å². The molecule has 0 unspecified atom stereocenters. The number of hydrogen-bond donors (Lipinski definition) is 2. The van der Waals surface area contributed by atoms with E-state index >= 15 is 4.39 Å². The fourth-order valence-corrected chi connectivity index (χ4v) is 4.44. The molecule has 0 saturated carbocycles. The average molecular weight is 439 g/mol. The maximum Gasteiger partial charge on any atom is 0.341 e. The van der Waals surface area contributed by atoms with E-state index in [0.29, 0.717) is 24.6 Å². The second kappa shape index (κ2) is 7.47. The molecule has 0 spiro atoms. The number of aromatic carboxylic acids is 1. The van der Waals surface area contributed by atoms with Crippen molar-refractivity contribution in [2.24, 2.45) is 0 Å². The normalized spacial score (nSPS) is 19.8. The van der Waals surface area contributed by atoms with Crippen LogP contribution in [0.3, 0.4) is 0 Å². The SMILES string of the molecule is Cc1ccnc(N[C@@H]2CCN(c3c(F)cc4c(=O)c(C(=O)O)cn5c4c3OC[C@@H]5C)C2)n1. The van der Waals surface area contributed by atoms with Gasteiger partial charge in [-0.05, 0) is 32.4 Å². The maximum absolute atomic E-state index is 15.3.